The predicted molar refractivity (Wildman–Crippen MR) is 89.4 cm³/mol. The Bertz CT molecular complexity index is 517. The van der Waals surface area contributed by atoms with Crippen LogP contribution in [0.15, 0.2) is 12.3 Å². The number of esters is 1. The molecule has 4 saturated carbocycles. The predicted octanol–water partition coefficient (Wildman–Crippen LogP) is 3.26. The molecule has 0 spiro atoms. The molecule has 0 radical (unpaired) electrons. The Balaban J connectivity index is 2.07. The lowest BCUT2D eigenvalue weighted by Crippen LogP contribution is -2.69. The van der Waals surface area contributed by atoms with E-state index in [1.807, 2.05) is 0 Å². The number of ether oxygens (including phenoxy) is 2. The van der Waals surface area contributed by atoms with Crippen LogP contribution in [0, 0.1) is 28.6 Å². The van der Waals surface area contributed by atoms with E-state index in [2.05, 4.69) is 27.4 Å². The van der Waals surface area contributed by atoms with Gasteiger partial charge in [-0.25, -0.2) is 4.79 Å². The molecule has 130 valence electrons. The van der Waals surface area contributed by atoms with Crippen LogP contribution in [0.5, 0.6) is 0 Å². The fraction of sp³-hybridized carbons (Fsp3) is 0.842. The van der Waals surface area contributed by atoms with Gasteiger partial charge in [-0.2, -0.15) is 0 Å². The summed E-state index contributed by atoms with van der Waals surface area (Å²) >= 11 is 0. The van der Waals surface area contributed by atoms with Crippen LogP contribution in [0.25, 0.3) is 0 Å². The fourth-order valence-corrected chi connectivity index (χ4v) is 6.38. The van der Waals surface area contributed by atoms with Gasteiger partial charge in [-0.15, -0.1) is 0 Å². The number of carbonyl (C=O) groups excluding carboxylic acids is 1. The third-order valence-corrected chi connectivity index (χ3v) is 7.43. The molecule has 0 heterocycles. The highest BCUT2D eigenvalue weighted by Crippen LogP contribution is 2.70. The third kappa shape index (κ3) is 2.10. The molecule has 0 aromatic rings. The summed E-state index contributed by atoms with van der Waals surface area (Å²) in [5.74, 6) is 1.26. The standard InChI is InChI=1S/C19H31NO3/c1-11(2)19-10-9-18(4,13-7-6-8-14(13)19)15(22-5)16(19)23-17(21)12(3)20/h11,13-16H,3,6-10,20H2,1-2,4-5H3. The number of rotatable bonds is 4. The van der Waals surface area contributed by atoms with Gasteiger partial charge in [0.25, 0.3) is 0 Å². The Morgan fingerprint density at radius 1 is 1.22 bits per heavy atom. The van der Waals surface area contributed by atoms with E-state index in [9.17, 15) is 4.79 Å². The smallest absolute Gasteiger partial charge is 0.353 e. The maximum atomic E-state index is 12.2. The normalized spacial score (nSPS) is 45.1. The average Bonchev–Trinajstić information content (AvgIpc) is 2.99. The van der Waals surface area contributed by atoms with Gasteiger partial charge in [-0.05, 0) is 43.4 Å². The molecule has 2 N–H and O–H groups in total. The highest BCUT2D eigenvalue weighted by atomic mass is 16.6. The number of carbonyl (C=O) groups is 1. The number of hydrogen-bond donors (Lipinski definition) is 1. The van der Waals surface area contributed by atoms with Crippen LogP contribution < -0.4 is 5.73 Å². The summed E-state index contributed by atoms with van der Waals surface area (Å²) in [5.41, 5.74) is 5.66. The van der Waals surface area contributed by atoms with Gasteiger partial charge in [-0.1, -0.05) is 33.8 Å². The van der Waals surface area contributed by atoms with Crippen LogP contribution in [0.4, 0.5) is 0 Å². The van der Waals surface area contributed by atoms with Gasteiger partial charge in [0.05, 0.1) is 0 Å². The lowest BCUT2D eigenvalue weighted by Gasteiger charge is -2.67. The molecule has 0 saturated heterocycles. The molecule has 4 rings (SSSR count). The highest BCUT2D eigenvalue weighted by Gasteiger charge is 2.70. The Morgan fingerprint density at radius 3 is 2.43 bits per heavy atom. The summed E-state index contributed by atoms with van der Waals surface area (Å²) in [6.07, 6.45) is 5.78. The monoisotopic (exact) mass is 321 g/mol. The molecule has 0 aromatic carbocycles. The van der Waals surface area contributed by atoms with E-state index in [1.165, 1.54) is 19.3 Å². The van der Waals surface area contributed by atoms with E-state index in [-0.39, 0.29) is 28.7 Å². The molecule has 4 nitrogen and oxygen atoms in total. The molecule has 0 amide bonds. The van der Waals surface area contributed by atoms with E-state index in [4.69, 9.17) is 15.2 Å². The third-order valence-electron chi connectivity index (χ3n) is 7.43. The second kappa shape index (κ2) is 5.51. The first kappa shape index (κ1) is 16.8. The maximum Gasteiger partial charge on any atom is 0.353 e. The van der Waals surface area contributed by atoms with Crippen LogP contribution in [0.2, 0.25) is 0 Å². The van der Waals surface area contributed by atoms with Crippen LogP contribution >= 0.6 is 0 Å². The number of fused-ring (bicyclic) bond motifs is 2. The molecule has 4 heteroatoms. The van der Waals surface area contributed by atoms with Crippen molar-refractivity contribution >= 4 is 5.97 Å². The summed E-state index contributed by atoms with van der Waals surface area (Å²) in [5, 5.41) is 0. The van der Waals surface area contributed by atoms with Crippen molar-refractivity contribution in [2.45, 2.75) is 65.1 Å². The largest absolute Gasteiger partial charge is 0.454 e. The Hall–Kier alpha value is -1.03. The van der Waals surface area contributed by atoms with Gasteiger partial charge in [0.15, 0.2) is 0 Å². The lowest BCUT2D eigenvalue weighted by molar-refractivity contribution is -0.272. The van der Waals surface area contributed by atoms with Crippen LogP contribution in [-0.4, -0.2) is 25.3 Å². The Labute approximate surface area is 139 Å². The fourth-order valence-electron chi connectivity index (χ4n) is 6.38. The number of nitrogens with two attached hydrogens (primary N) is 1. The minimum Gasteiger partial charge on any atom is -0.454 e. The lowest BCUT2D eigenvalue weighted by atomic mass is 9.41. The van der Waals surface area contributed by atoms with Gasteiger partial charge in [0.1, 0.15) is 17.9 Å². The van der Waals surface area contributed by atoms with E-state index < -0.39 is 5.97 Å². The van der Waals surface area contributed by atoms with Gasteiger partial charge in [0, 0.05) is 17.9 Å². The minimum absolute atomic E-state index is 0.00468. The van der Waals surface area contributed by atoms with Crippen molar-refractivity contribution in [3.63, 3.8) is 0 Å². The molecule has 2 bridgehead atoms. The van der Waals surface area contributed by atoms with E-state index in [0.717, 1.165) is 12.8 Å². The van der Waals surface area contributed by atoms with Gasteiger partial charge in [0.2, 0.25) is 0 Å². The second-order valence-corrected chi connectivity index (χ2v) is 8.42. The summed E-state index contributed by atoms with van der Waals surface area (Å²) in [6, 6.07) is 0. The molecular formula is C19H31NO3. The Morgan fingerprint density at radius 2 is 1.87 bits per heavy atom. The van der Waals surface area contributed by atoms with Crippen molar-refractivity contribution < 1.29 is 14.3 Å². The first-order valence-electron chi connectivity index (χ1n) is 8.97. The van der Waals surface area contributed by atoms with Crippen LogP contribution in [0.1, 0.15) is 52.9 Å². The second-order valence-electron chi connectivity index (χ2n) is 8.42. The van der Waals surface area contributed by atoms with Crippen molar-refractivity contribution in [1.82, 2.24) is 0 Å². The summed E-state index contributed by atoms with van der Waals surface area (Å²) in [4.78, 5) is 12.2. The van der Waals surface area contributed by atoms with Crippen molar-refractivity contribution in [3.8, 4) is 0 Å². The molecule has 6 unspecified atom stereocenters. The molecule has 4 aliphatic carbocycles. The van der Waals surface area contributed by atoms with E-state index in [1.54, 1.807) is 7.11 Å². The maximum absolute atomic E-state index is 12.2. The molecule has 4 fully saturated rings. The number of hydrogen-bond acceptors (Lipinski definition) is 4. The quantitative estimate of drug-likeness (QED) is 0.638. The Kier molecular flexibility index (Phi) is 4.03. The highest BCUT2D eigenvalue weighted by molar-refractivity contribution is 5.86. The summed E-state index contributed by atoms with van der Waals surface area (Å²) in [7, 11) is 1.76. The van der Waals surface area contributed by atoms with Gasteiger partial charge >= 0.3 is 5.97 Å². The van der Waals surface area contributed by atoms with Crippen molar-refractivity contribution in [3.05, 3.63) is 12.3 Å². The van der Waals surface area contributed by atoms with Crippen molar-refractivity contribution in [2.75, 3.05) is 7.11 Å². The van der Waals surface area contributed by atoms with E-state index in [0.29, 0.717) is 17.8 Å². The first-order valence-corrected chi connectivity index (χ1v) is 8.97. The summed E-state index contributed by atoms with van der Waals surface area (Å²) < 4.78 is 11.9. The summed E-state index contributed by atoms with van der Waals surface area (Å²) in [6.45, 7) is 10.4. The molecule has 6 atom stereocenters. The van der Waals surface area contributed by atoms with Crippen LogP contribution in [-0.2, 0) is 14.3 Å². The van der Waals surface area contributed by atoms with E-state index >= 15 is 0 Å². The SMILES string of the molecule is C=C(N)C(=O)OC1C(OC)C2(C)CCC1(C(C)C)C1CCCC12. The number of methoxy groups -OCH3 is 1. The van der Waals surface area contributed by atoms with Gasteiger partial charge in [-0.3, -0.25) is 0 Å². The first-order chi connectivity index (χ1) is 10.8. The average molecular weight is 321 g/mol. The molecule has 0 aromatic heterocycles. The van der Waals surface area contributed by atoms with Crippen molar-refractivity contribution in [1.29, 1.82) is 0 Å². The molecule has 4 aliphatic rings. The zero-order chi connectivity index (χ0) is 17.0. The molecular weight excluding hydrogens is 290 g/mol. The molecule has 0 aliphatic heterocycles. The topological polar surface area (TPSA) is 61.6 Å². The van der Waals surface area contributed by atoms with Gasteiger partial charge < -0.3 is 15.2 Å². The molecule has 23 heavy (non-hydrogen) atoms. The zero-order valence-corrected chi connectivity index (χ0v) is 14.9. The zero-order valence-electron chi connectivity index (χ0n) is 14.9. The van der Waals surface area contributed by atoms with Crippen molar-refractivity contribution in [2.24, 2.45) is 34.3 Å². The minimum atomic E-state index is -0.484. The van der Waals surface area contributed by atoms with Crippen LogP contribution in [0.3, 0.4) is 0 Å².